The average Bonchev–Trinajstić information content (AvgIpc) is 2.37. The molecule has 2 atom stereocenters. The van der Waals surface area contributed by atoms with Gasteiger partial charge in [0.05, 0.1) is 6.04 Å². The van der Waals surface area contributed by atoms with Crippen LogP contribution in [0.25, 0.3) is 0 Å². The molecule has 0 aromatic heterocycles. The van der Waals surface area contributed by atoms with Crippen LogP contribution < -0.4 is 5.32 Å². The van der Waals surface area contributed by atoms with Gasteiger partial charge in [0.25, 0.3) is 0 Å². The fourth-order valence-electron chi connectivity index (χ4n) is 2.00. The predicted octanol–water partition coefficient (Wildman–Crippen LogP) is 3.15. The summed E-state index contributed by atoms with van der Waals surface area (Å²) in [5.74, 6) is -0.849. The molecule has 21 heavy (non-hydrogen) atoms. The summed E-state index contributed by atoms with van der Waals surface area (Å²) in [6, 6.07) is 9.46. The van der Waals surface area contributed by atoms with Gasteiger partial charge in [-0.25, -0.2) is 0 Å². The monoisotopic (exact) mass is 289 g/mol. The molecule has 4 heteroatoms. The van der Waals surface area contributed by atoms with Gasteiger partial charge in [0.15, 0.2) is 0 Å². The van der Waals surface area contributed by atoms with Crippen molar-refractivity contribution in [1.82, 2.24) is 5.32 Å². The highest BCUT2D eigenvalue weighted by Crippen LogP contribution is 2.11. The van der Waals surface area contributed by atoms with Gasteiger partial charge in [-0.05, 0) is 39.3 Å². The van der Waals surface area contributed by atoms with Crippen molar-refractivity contribution in [1.29, 1.82) is 0 Å². The van der Waals surface area contributed by atoms with E-state index in [1.165, 1.54) is 0 Å². The molecule has 1 rings (SSSR count). The molecule has 114 valence electrons. The lowest BCUT2D eigenvalue weighted by molar-refractivity contribution is -0.148. The largest absolute Gasteiger partial charge is 0.458 e. The van der Waals surface area contributed by atoms with Crippen molar-refractivity contribution in [2.45, 2.75) is 46.3 Å². The summed E-state index contributed by atoms with van der Waals surface area (Å²) in [5.41, 5.74) is 2.06. The first kappa shape index (κ1) is 17.0. The molecule has 1 unspecified atom stereocenters. The van der Waals surface area contributed by atoms with E-state index < -0.39 is 5.97 Å². The molecule has 1 aromatic carbocycles. The molecular formula is C17H23NO3. The lowest BCUT2D eigenvalue weighted by Gasteiger charge is -2.15. The number of carbonyl (C=O) groups is 2. The molecule has 0 saturated heterocycles. The maximum absolute atomic E-state index is 11.8. The van der Waals surface area contributed by atoms with Crippen LogP contribution in [-0.2, 0) is 14.3 Å². The van der Waals surface area contributed by atoms with Gasteiger partial charge in [-0.1, -0.05) is 35.9 Å². The van der Waals surface area contributed by atoms with Crippen LogP contribution in [-0.4, -0.2) is 18.0 Å². The number of rotatable bonds is 6. The maximum Gasteiger partial charge on any atom is 0.315 e. The average molecular weight is 289 g/mol. The van der Waals surface area contributed by atoms with Crippen LogP contribution in [0.4, 0.5) is 0 Å². The molecule has 0 heterocycles. The standard InChI is InChI=1S/C17H23NO3/c1-12(2)10-13(3)21-17(20)11-16(19)18-14(4)15-8-6-5-7-9-15/h5-10,13-14H,11H2,1-4H3,(H,18,19)/t13?,14-/m1/s1. The van der Waals surface area contributed by atoms with Gasteiger partial charge in [-0.15, -0.1) is 0 Å². The van der Waals surface area contributed by atoms with Gasteiger partial charge in [-0.3, -0.25) is 9.59 Å². The van der Waals surface area contributed by atoms with E-state index in [0.717, 1.165) is 11.1 Å². The van der Waals surface area contributed by atoms with Crippen LogP contribution in [0.1, 0.15) is 45.7 Å². The van der Waals surface area contributed by atoms with E-state index in [0.29, 0.717) is 0 Å². The summed E-state index contributed by atoms with van der Waals surface area (Å²) < 4.78 is 5.14. The molecule has 0 aliphatic rings. The molecule has 1 amide bonds. The first-order valence-corrected chi connectivity index (χ1v) is 7.07. The topological polar surface area (TPSA) is 55.4 Å². The van der Waals surface area contributed by atoms with Gasteiger partial charge >= 0.3 is 5.97 Å². The third-order valence-corrected chi connectivity index (χ3v) is 2.87. The number of esters is 1. The lowest BCUT2D eigenvalue weighted by Crippen LogP contribution is -2.29. The molecule has 1 N–H and O–H groups in total. The number of carbonyl (C=O) groups excluding carboxylic acids is 2. The van der Waals surface area contributed by atoms with Crippen molar-refractivity contribution in [2.24, 2.45) is 0 Å². The summed E-state index contributed by atoms with van der Waals surface area (Å²) in [6.07, 6.45) is 1.25. The minimum absolute atomic E-state index is 0.137. The van der Waals surface area contributed by atoms with Gasteiger partial charge < -0.3 is 10.1 Å². The van der Waals surface area contributed by atoms with Crippen LogP contribution >= 0.6 is 0 Å². The zero-order valence-corrected chi connectivity index (χ0v) is 13.1. The molecule has 0 bridgehead atoms. The van der Waals surface area contributed by atoms with Crippen LogP contribution in [0.3, 0.4) is 0 Å². The third kappa shape index (κ3) is 6.75. The lowest BCUT2D eigenvalue weighted by atomic mass is 10.1. The van der Waals surface area contributed by atoms with E-state index in [1.807, 2.05) is 57.2 Å². The van der Waals surface area contributed by atoms with Gasteiger partial charge in [0, 0.05) is 0 Å². The van der Waals surface area contributed by atoms with E-state index in [4.69, 9.17) is 4.74 Å². The number of nitrogens with one attached hydrogen (secondary N) is 1. The molecule has 0 saturated carbocycles. The Labute approximate surface area is 126 Å². The Morgan fingerprint density at radius 3 is 2.38 bits per heavy atom. The van der Waals surface area contributed by atoms with E-state index in [-0.39, 0.29) is 24.5 Å². The summed E-state index contributed by atoms with van der Waals surface area (Å²) in [6.45, 7) is 7.51. The van der Waals surface area contributed by atoms with E-state index in [2.05, 4.69) is 5.32 Å². The third-order valence-electron chi connectivity index (χ3n) is 2.87. The fraction of sp³-hybridized carbons (Fsp3) is 0.412. The molecular weight excluding hydrogens is 266 g/mol. The van der Waals surface area contributed by atoms with Crippen LogP contribution in [0, 0.1) is 0 Å². The number of allylic oxidation sites excluding steroid dienone is 1. The van der Waals surface area contributed by atoms with E-state index >= 15 is 0 Å². The fourth-order valence-corrected chi connectivity index (χ4v) is 2.00. The number of ether oxygens (including phenoxy) is 1. The minimum atomic E-state index is -0.516. The van der Waals surface area contributed by atoms with Gasteiger partial charge in [0.2, 0.25) is 5.91 Å². The second-order valence-corrected chi connectivity index (χ2v) is 5.32. The Morgan fingerprint density at radius 1 is 1.19 bits per heavy atom. The predicted molar refractivity (Wildman–Crippen MR) is 82.6 cm³/mol. The van der Waals surface area contributed by atoms with Gasteiger partial charge in [-0.2, -0.15) is 0 Å². The normalized spacial score (nSPS) is 13.0. The zero-order chi connectivity index (χ0) is 15.8. The second kappa shape index (κ2) is 8.25. The number of hydrogen-bond acceptors (Lipinski definition) is 3. The Kier molecular flexibility index (Phi) is 6.66. The molecule has 0 radical (unpaired) electrons. The van der Waals surface area contributed by atoms with Crippen molar-refractivity contribution >= 4 is 11.9 Å². The van der Waals surface area contributed by atoms with Crippen molar-refractivity contribution < 1.29 is 14.3 Å². The highest BCUT2D eigenvalue weighted by atomic mass is 16.5. The summed E-state index contributed by atoms with van der Waals surface area (Å²) in [7, 11) is 0. The molecule has 1 aromatic rings. The highest BCUT2D eigenvalue weighted by molar-refractivity contribution is 5.94. The molecule has 0 spiro atoms. The van der Waals surface area contributed by atoms with E-state index in [9.17, 15) is 9.59 Å². The molecule has 0 fully saturated rings. The maximum atomic E-state index is 11.8. The Morgan fingerprint density at radius 2 is 1.81 bits per heavy atom. The summed E-state index contributed by atoms with van der Waals surface area (Å²) >= 11 is 0. The molecule has 0 aliphatic heterocycles. The van der Waals surface area contributed by atoms with Crippen molar-refractivity contribution in [3.63, 3.8) is 0 Å². The van der Waals surface area contributed by atoms with E-state index in [1.54, 1.807) is 6.92 Å². The summed E-state index contributed by atoms with van der Waals surface area (Å²) in [4.78, 5) is 23.5. The summed E-state index contributed by atoms with van der Waals surface area (Å²) in [5, 5.41) is 2.79. The Bertz CT molecular complexity index is 504. The molecule has 4 nitrogen and oxygen atoms in total. The van der Waals surface area contributed by atoms with Crippen LogP contribution in [0.5, 0.6) is 0 Å². The quantitative estimate of drug-likeness (QED) is 0.497. The van der Waals surface area contributed by atoms with Crippen molar-refractivity contribution in [2.75, 3.05) is 0 Å². The first-order valence-electron chi connectivity index (χ1n) is 7.07. The number of hydrogen-bond donors (Lipinski definition) is 1. The Hall–Kier alpha value is -2.10. The smallest absolute Gasteiger partial charge is 0.315 e. The highest BCUT2D eigenvalue weighted by Gasteiger charge is 2.15. The first-order chi connectivity index (χ1) is 9.88. The minimum Gasteiger partial charge on any atom is -0.458 e. The Balaban J connectivity index is 2.43. The number of benzene rings is 1. The van der Waals surface area contributed by atoms with Crippen molar-refractivity contribution in [3.8, 4) is 0 Å². The second-order valence-electron chi connectivity index (χ2n) is 5.32. The number of amides is 1. The molecule has 0 aliphatic carbocycles. The zero-order valence-electron chi connectivity index (χ0n) is 13.1. The SMILES string of the molecule is CC(C)=CC(C)OC(=O)CC(=O)N[C@H](C)c1ccccc1. The van der Waals surface area contributed by atoms with Crippen LogP contribution in [0.2, 0.25) is 0 Å². The van der Waals surface area contributed by atoms with Gasteiger partial charge in [0.1, 0.15) is 12.5 Å². The van der Waals surface area contributed by atoms with Crippen LogP contribution in [0.15, 0.2) is 42.0 Å². The van der Waals surface area contributed by atoms with Crippen molar-refractivity contribution in [3.05, 3.63) is 47.5 Å².